The average molecular weight is 456 g/mol. The quantitative estimate of drug-likeness (QED) is 0.489. The zero-order valence-corrected chi connectivity index (χ0v) is 20.5. The Bertz CT molecular complexity index is 960. The van der Waals surface area contributed by atoms with Crippen LogP contribution >= 0.6 is 0 Å². The minimum absolute atomic E-state index is 0.0191. The van der Waals surface area contributed by atoms with E-state index in [-0.39, 0.29) is 41.4 Å². The van der Waals surface area contributed by atoms with Crippen LogP contribution in [0.1, 0.15) is 59.8 Å². The van der Waals surface area contributed by atoms with Gasteiger partial charge in [0.15, 0.2) is 11.5 Å². The largest absolute Gasteiger partial charge is 0.492 e. The van der Waals surface area contributed by atoms with E-state index >= 15 is 0 Å². The first-order chi connectivity index (χ1) is 15.8. The fourth-order valence-electron chi connectivity index (χ4n) is 6.76. The first kappa shape index (κ1) is 22.7. The van der Waals surface area contributed by atoms with Gasteiger partial charge in [-0.2, -0.15) is 0 Å². The molecule has 5 aliphatic heterocycles. The van der Waals surface area contributed by atoms with Gasteiger partial charge in [0.2, 0.25) is 5.76 Å². The second-order valence-electron chi connectivity index (χ2n) is 10.8. The van der Waals surface area contributed by atoms with E-state index in [9.17, 15) is 9.90 Å². The Kier molecular flexibility index (Phi) is 5.73. The fourth-order valence-corrected chi connectivity index (χ4v) is 6.76. The first-order valence-corrected chi connectivity index (χ1v) is 12.5. The number of carbonyl (C=O) groups excluding carboxylic acids is 1. The van der Waals surface area contributed by atoms with Crippen LogP contribution in [0.5, 0.6) is 0 Å². The molecule has 2 saturated heterocycles. The fraction of sp³-hybridized carbons (Fsp3) is 0.667. The summed E-state index contributed by atoms with van der Waals surface area (Å²) in [5, 5.41) is 11.2. The Morgan fingerprint density at radius 1 is 1.30 bits per heavy atom. The van der Waals surface area contributed by atoms with E-state index in [4.69, 9.17) is 14.2 Å². The smallest absolute Gasteiger partial charge is 0.343 e. The summed E-state index contributed by atoms with van der Waals surface area (Å²) >= 11 is 0. The zero-order chi connectivity index (χ0) is 23.5. The molecule has 0 aromatic heterocycles. The van der Waals surface area contributed by atoms with E-state index in [2.05, 4.69) is 43.9 Å². The number of carbonyl (C=O) groups is 1. The van der Waals surface area contributed by atoms with Crippen LogP contribution in [0, 0.1) is 23.7 Å². The first-order valence-electron chi connectivity index (χ1n) is 12.5. The number of aliphatic hydroxyl groups excluding tert-OH is 1. The van der Waals surface area contributed by atoms with Gasteiger partial charge in [-0.05, 0) is 51.0 Å². The van der Waals surface area contributed by atoms with Gasteiger partial charge in [0.05, 0.1) is 24.3 Å². The van der Waals surface area contributed by atoms with E-state index in [1.807, 2.05) is 0 Å². The van der Waals surface area contributed by atoms with Crippen molar-refractivity contribution in [1.29, 1.82) is 0 Å². The zero-order valence-electron chi connectivity index (χ0n) is 20.5. The summed E-state index contributed by atoms with van der Waals surface area (Å²) in [4.78, 5) is 14.8. The van der Waals surface area contributed by atoms with E-state index < -0.39 is 0 Å². The topological polar surface area (TPSA) is 68.2 Å². The monoisotopic (exact) mass is 455 g/mol. The van der Waals surface area contributed by atoms with Crippen molar-refractivity contribution in [3.63, 3.8) is 0 Å². The summed E-state index contributed by atoms with van der Waals surface area (Å²) in [6.07, 6.45) is 11.7. The van der Waals surface area contributed by atoms with Crippen molar-refractivity contribution in [2.45, 2.75) is 77.5 Å². The molecule has 6 nitrogen and oxygen atoms in total. The molecule has 6 heteroatoms. The van der Waals surface area contributed by atoms with Gasteiger partial charge in [-0.3, -0.25) is 4.90 Å². The van der Waals surface area contributed by atoms with Gasteiger partial charge in [0.1, 0.15) is 5.76 Å². The van der Waals surface area contributed by atoms with Gasteiger partial charge in [0.25, 0.3) is 0 Å². The number of nitrogens with zero attached hydrogens (tertiary/aromatic N) is 1. The number of allylic oxidation sites excluding steroid dienone is 1. The second-order valence-corrected chi connectivity index (χ2v) is 10.8. The molecule has 6 rings (SSSR count). The summed E-state index contributed by atoms with van der Waals surface area (Å²) < 4.78 is 17.6. The molecule has 1 spiro atoms. The number of cyclic esters (lactones) is 1. The van der Waals surface area contributed by atoms with Crippen LogP contribution in [-0.2, 0) is 19.0 Å². The summed E-state index contributed by atoms with van der Waals surface area (Å²) in [6.45, 7) is 9.24. The van der Waals surface area contributed by atoms with E-state index in [0.717, 1.165) is 44.4 Å². The molecule has 180 valence electrons. The molecule has 1 N–H and O–H groups in total. The Morgan fingerprint density at radius 3 is 2.82 bits per heavy atom. The Balaban J connectivity index is 1.52. The van der Waals surface area contributed by atoms with Crippen LogP contribution in [0.15, 0.2) is 46.8 Å². The van der Waals surface area contributed by atoms with Gasteiger partial charge in [-0.25, -0.2) is 4.79 Å². The van der Waals surface area contributed by atoms with E-state index in [1.165, 1.54) is 0 Å². The standard InChI is InChI=1S/C27H37NO5/c1-15(2)8-9-20(29)19-7-6-11-27-12-10-18(14-28(19)27)13-21-22(27)16(3)24(32-21)25-23(31-5)17(4)26(30)33-25/h10,12-13,15-16,18-20,22,29H,6-9,11,14H2,1-5H3/b25-24+/t16-,18-,19-,20-,22-,27+/m0/s1. The van der Waals surface area contributed by atoms with Crippen LogP contribution in [0.3, 0.4) is 0 Å². The summed E-state index contributed by atoms with van der Waals surface area (Å²) in [5.74, 6) is 3.14. The van der Waals surface area contributed by atoms with E-state index in [1.54, 1.807) is 14.0 Å². The minimum Gasteiger partial charge on any atom is -0.492 e. The second kappa shape index (κ2) is 8.31. The molecule has 1 aliphatic carbocycles. The number of aliphatic hydroxyl groups is 1. The van der Waals surface area contributed by atoms with Gasteiger partial charge < -0.3 is 19.3 Å². The summed E-state index contributed by atoms with van der Waals surface area (Å²) in [6, 6.07) is 0.155. The third-order valence-corrected chi connectivity index (χ3v) is 8.38. The molecule has 0 amide bonds. The number of ether oxygens (including phenoxy) is 3. The Labute approximate surface area is 196 Å². The number of hydrogen-bond donors (Lipinski definition) is 1. The molecule has 2 fully saturated rings. The molecule has 0 radical (unpaired) electrons. The van der Waals surface area contributed by atoms with Crippen molar-refractivity contribution in [3.05, 3.63) is 46.8 Å². The molecule has 6 atom stereocenters. The number of piperidine rings is 1. The van der Waals surface area contributed by atoms with Crippen molar-refractivity contribution < 1.29 is 24.1 Å². The lowest BCUT2D eigenvalue weighted by Gasteiger charge is -2.55. The molecule has 33 heavy (non-hydrogen) atoms. The molecule has 5 heterocycles. The Morgan fingerprint density at radius 2 is 2.09 bits per heavy atom. The van der Waals surface area contributed by atoms with Crippen LogP contribution in [0.2, 0.25) is 0 Å². The van der Waals surface area contributed by atoms with Gasteiger partial charge in [-0.15, -0.1) is 0 Å². The van der Waals surface area contributed by atoms with E-state index in [0.29, 0.717) is 28.8 Å². The maximum Gasteiger partial charge on any atom is 0.343 e. The maximum absolute atomic E-state index is 12.3. The number of esters is 1. The molecule has 2 bridgehead atoms. The van der Waals surface area contributed by atoms with Gasteiger partial charge in [0, 0.05) is 30.3 Å². The van der Waals surface area contributed by atoms with Crippen molar-refractivity contribution >= 4 is 5.97 Å². The molecule has 0 unspecified atom stereocenters. The molecule has 0 aromatic rings. The Hall–Kier alpha value is -2.05. The molecule has 6 aliphatic rings. The lowest BCUT2D eigenvalue weighted by atomic mass is 9.68. The van der Waals surface area contributed by atoms with Crippen LogP contribution in [0.25, 0.3) is 0 Å². The average Bonchev–Trinajstić information content (AvgIpc) is 3.15. The predicted molar refractivity (Wildman–Crippen MR) is 124 cm³/mol. The highest BCUT2D eigenvalue weighted by Crippen LogP contribution is 2.57. The number of methoxy groups -OCH3 is 1. The van der Waals surface area contributed by atoms with Crippen LogP contribution in [-0.4, -0.2) is 47.3 Å². The number of hydrogen-bond acceptors (Lipinski definition) is 6. The lowest BCUT2D eigenvalue weighted by Crippen LogP contribution is -2.64. The maximum atomic E-state index is 12.3. The SMILES string of the molecule is COC1=C(C)C(=O)O/C1=C1/OC2=C[C@@H]3C=C[C@]4(CCC[C@@H]([C@@H](O)CCC(C)C)N4C3)[C@H]2[C@@H]1C. The third-order valence-electron chi connectivity index (χ3n) is 8.38. The van der Waals surface area contributed by atoms with Crippen molar-refractivity contribution in [3.8, 4) is 0 Å². The summed E-state index contributed by atoms with van der Waals surface area (Å²) in [5.41, 5.74) is 0.278. The highest BCUT2D eigenvalue weighted by molar-refractivity contribution is 5.93. The minimum atomic E-state index is -0.376. The van der Waals surface area contributed by atoms with Gasteiger partial charge >= 0.3 is 5.97 Å². The lowest BCUT2D eigenvalue weighted by molar-refractivity contribution is -0.133. The van der Waals surface area contributed by atoms with Crippen LogP contribution in [0.4, 0.5) is 0 Å². The predicted octanol–water partition coefficient (Wildman–Crippen LogP) is 4.43. The van der Waals surface area contributed by atoms with Crippen molar-refractivity contribution in [2.24, 2.45) is 23.7 Å². The highest BCUT2D eigenvalue weighted by Gasteiger charge is 2.59. The van der Waals surface area contributed by atoms with Crippen molar-refractivity contribution in [2.75, 3.05) is 13.7 Å². The van der Waals surface area contributed by atoms with Crippen LogP contribution < -0.4 is 0 Å². The molecular weight excluding hydrogens is 418 g/mol. The molecule has 0 saturated carbocycles. The number of rotatable bonds is 5. The summed E-state index contributed by atoms with van der Waals surface area (Å²) in [7, 11) is 1.56. The van der Waals surface area contributed by atoms with Crippen molar-refractivity contribution in [1.82, 2.24) is 4.90 Å². The third kappa shape index (κ3) is 3.48. The molecule has 0 aromatic carbocycles. The van der Waals surface area contributed by atoms with Gasteiger partial charge in [-0.1, -0.05) is 32.9 Å². The highest BCUT2D eigenvalue weighted by atomic mass is 16.6. The molecular formula is C27H37NO5. The normalized spacial score (nSPS) is 38.6.